The molecule has 0 unspecified atom stereocenters. The van der Waals surface area contributed by atoms with Gasteiger partial charge in [0.25, 0.3) is 0 Å². The molecule has 0 bridgehead atoms. The van der Waals surface area contributed by atoms with Gasteiger partial charge in [-0.3, -0.25) is 4.79 Å². The summed E-state index contributed by atoms with van der Waals surface area (Å²) in [6.07, 6.45) is 3.13. The zero-order valence-corrected chi connectivity index (χ0v) is 12.0. The Morgan fingerprint density at radius 3 is 2.50 bits per heavy atom. The first-order chi connectivity index (χ1) is 9.60. The molecule has 0 aromatic heterocycles. The molecule has 0 aliphatic carbocycles. The van der Waals surface area contributed by atoms with Crippen molar-refractivity contribution in [2.24, 2.45) is 0 Å². The molecule has 2 aromatic rings. The van der Waals surface area contributed by atoms with Gasteiger partial charge in [-0.25, -0.2) is 0 Å². The Kier molecular flexibility index (Phi) is 4.34. The molecule has 0 saturated heterocycles. The Bertz CT molecular complexity index is 712. The summed E-state index contributed by atoms with van der Waals surface area (Å²) in [6.45, 7) is 0. The maximum absolute atomic E-state index is 11.9. The summed E-state index contributed by atoms with van der Waals surface area (Å²) < 4.78 is 0.575. The Labute approximate surface area is 124 Å². The third-order valence-electron chi connectivity index (χ3n) is 2.70. The Balaban J connectivity index is 2.15. The smallest absolute Gasteiger partial charge is 0.185 e. The second-order valence-electron chi connectivity index (χ2n) is 4.10. The lowest BCUT2D eigenvalue weighted by atomic mass is 10.1. The lowest BCUT2D eigenvalue weighted by Crippen LogP contribution is -1.93. The van der Waals surface area contributed by atoms with E-state index in [1.807, 2.05) is 6.07 Å². The van der Waals surface area contributed by atoms with Gasteiger partial charge in [-0.05, 0) is 64.0 Å². The van der Waals surface area contributed by atoms with Crippen molar-refractivity contribution in [1.82, 2.24) is 0 Å². The van der Waals surface area contributed by atoms with E-state index in [0.717, 1.165) is 5.56 Å². The van der Waals surface area contributed by atoms with Gasteiger partial charge in [-0.2, -0.15) is 5.26 Å². The summed E-state index contributed by atoms with van der Waals surface area (Å²) in [4.78, 5) is 11.9. The summed E-state index contributed by atoms with van der Waals surface area (Å²) in [5, 5.41) is 18.1. The van der Waals surface area contributed by atoms with Crippen LogP contribution in [-0.2, 0) is 0 Å². The van der Waals surface area contributed by atoms with E-state index < -0.39 is 0 Å². The number of aromatic hydroxyl groups is 1. The molecule has 3 nitrogen and oxygen atoms in total. The van der Waals surface area contributed by atoms with Gasteiger partial charge in [0, 0.05) is 5.56 Å². The molecular weight excluding hydrogens is 318 g/mol. The molecule has 0 spiro atoms. The average molecular weight is 328 g/mol. The summed E-state index contributed by atoms with van der Waals surface area (Å²) in [6, 6.07) is 13.5. The van der Waals surface area contributed by atoms with Crippen LogP contribution in [0.2, 0.25) is 0 Å². The zero-order chi connectivity index (χ0) is 14.5. The molecule has 1 N–H and O–H groups in total. The van der Waals surface area contributed by atoms with E-state index in [9.17, 15) is 9.90 Å². The van der Waals surface area contributed by atoms with E-state index in [0.29, 0.717) is 15.6 Å². The van der Waals surface area contributed by atoms with Crippen molar-refractivity contribution >= 4 is 27.8 Å². The number of nitriles is 1. The van der Waals surface area contributed by atoms with Crippen LogP contribution in [0.1, 0.15) is 21.5 Å². The lowest BCUT2D eigenvalue weighted by molar-refractivity contribution is 0.104. The maximum Gasteiger partial charge on any atom is 0.185 e. The third-order valence-corrected chi connectivity index (χ3v) is 3.33. The highest BCUT2D eigenvalue weighted by molar-refractivity contribution is 9.10. The fourth-order valence-electron chi connectivity index (χ4n) is 1.60. The molecule has 0 aliphatic heterocycles. The highest BCUT2D eigenvalue weighted by Gasteiger charge is 2.02. The fourth-order valence-corrected chi connectivity index (χ4v) is 2.00. The molecule has 0 aliphatic rings. The van der Waals surface area contributed by atoms with Crippen molar-refractivity contribution in [3.8, 4) is 11.8 Å². The molecule has 2 rings (SSSR count). The number of ketones is 1. The highest BCUT2D eigenvalue weighted by atomic mass is 79.9. The van der Waals surface area contributed by atoms with Crippen LogP contribution in [0.3, 0.4) is 0 Å². The number of allylic oxidation sites excluding steroid dienone is 1. The van der Waals surface area contributed by atoms with Gasteiger partial charge < -0.3 is 5.11 Å². The SMILES string of the molecule is N#Cc1ccc(C(=O)/C=C/c2ccc(O)c(Br)c2)cc1. The number of rotatable bonds is 3. The molecule has 4 heteroatoms. The largest absolute Gasteiger partial charge is 0.507 e. The second-order valence-corrected chi connectivity index (χ2v) is 4.95. The topological polar surface area (TPSA) is 61.1 Å². The van der Waals surface area contributed by atoms with Gasteiger partial charge in [-0.1, -0.05) is 12.1 Å². The Morgan fingerprint density at radius 2 is 1.90 bits per heavy atom. The first-order valence-electron chi connectivity index (χ1n) is 5.81. The van der Waals surface area contributed by atoms with E-state index in [1.165, 1.54) is 6.08 Å². The number of halogens is 1. The van der Waals surface area contributed by atoms with E-state index in [-0.39, 0.29) is 11.5 Å². The third kappa shape index (κ3) is 3.34. The predicted molar refractivity (Wildman–Crippen MR) is 80.3 cm³/mol. The van der Waals surface area contributed by atoms with Gasteiger partial charge in [0.15, 0.2) is 5.78 Å². The molecule has 0 saturated carbocycles. The van der Waals surface area contributed by atoms with Crippen LogP contribution >= 0.6 is 15.9 Å². The number of nitrogens with zero attached hydrogens (tertiary/aromatic N) is 1. The van der Waals surface area contributed by atoms with E-state index in [4.69, 9.17) is 5.26 Å². The van der Waals surface area contributed by atoms with Crippen LogP contribution < -0.4 is 0 Å². The van der Waals surface area contributed by atoms with E-state index in [2.05, 4.69) is 15.9 Å². The van der Waals surface area contributed by atoms with Gasteiger partial charge >= 0.3 is 0 Å². The zero-order valence-electron chi connectivity index (χ0n) is 10.4. The molecule has 20 heavy (non-hydrogen) atoms. The van der Waals surface area contributed by atoms with Crippen molar-refractivity contribution in [2.45, 2.75) is 0 Å². The van der Waals surface area contributed by atoms with Gasteiger partial charge in [0.2, 0.25) is 0 Å². The molecule has 0 atom stereocenters. The normalized spacial score (nSPS) is 10.4. The van der Waals surface area contributed by atoms with E-state index in [1.54, 1.807) is 48.5 Å². The minimum atomic E-state index is -0.140. The van der Waals surface area contributed by atoms with Crippen molar-refractivity contribution in [2.75, 3.05) is 0 Å². The number of benzene rings is 2. The summed E-state index contributed by atoms with van der Waals surface area (Å²) in [5.74, 6) is 0.0132. The van der Waals surface area contributed by atoms with Crippen molar-refractivity contribution in [3.63, 3.8) is 0 Å². The molecule has 98 valence electrons. The highest BCUT2D eigenvalue weighted by Crippen LogP contribution is 2.24. The van der Waals surface area contributed by atoms with Crippen LogP contribution in [0.4, 0.5) is 0 Å². The number of phenolic OH excluding ortho intramolecular Hbond substituents is 1. The quantitative estimate of drug-likeness (QED) is 0.686. The van der Waals surface area contributed by atoms with Gasteiger partial charge in [0.05, 0.1) is 16.1 Å². The maximum atomic E-state index is 11.9. The molecule has 0 heterocycles. The molecular formula is C16H10BrNO2. The van der Waals surface area contributed by atoms with Crippen LogP contribution in [0, 0.1) is 11.3 Å². The van der Waals surface area contributed by atoms with Crippen LogP contribution in [0.15, 0.2) is 53.0 Å². The summed E-state index contributed by atoms with van der Waals surface area (Å²) in [5.41, 5.74) is 1.85. The number of carbonyl (C=O) groups excluding carboxylic acids is 1. The Morgan fingerprint density at radius 1 is 1.20 bits per heavy atom. The van der Waals surface area contributed by atoms with E-state index >= 15 is 0 Å². The molecule has 0 amide bonds. The number of hydrogen-bond donors (Lipinski definition) is 1. The standard InChI is InChI=1S/C16H10BrNO2/c17-14-9-11(4-8-16(14)20)3-7-15(19)13-5-1-12(10-18)2-6-13/h1-9,20H/b7-3+. The number of carbonyl (C=O) groups is 1. The summed E-state index contributed by atoms with van der Waals surface area (Å²) >= 11 is 3.21. The first kappa shape index (κ1) is 14.0. The van der Waals surface area contributed by atoms with Crippen LogP contribution in [0.5, 0.6) is 5.75 Å². The van der Waals surface area contributed by atoms with Crippen molar-refractivity contribution in [1.29, 1.82) is 5.26 Å². The van der Waals surface area contributed by atoms with Gasteiger partial charge in [0.1, 0.15) is 5.75 Å². The second kappa shape index (κ2) is 6.18. The minimum absolute atomic E-state index is 0.140. The minimum Gasteiger partial charge on any atom is -0.507 e. The number of hydrogen-bond acceptors (Lipinski definition) is 3. The van der Waals surface area contributed by atoms with Gasteiger partial charge in [-0.15, -0.1) is 0 Å². The van der Waals surface area contributed by atoms with Crippen LogP contribution in [-0.4, -0.2) is 10.9 Å². The van der Waals surface area contributed by atoms with Crippen molar-refractivity contribution in [3.05, 3.63) is 69.7 Å². The first-order valence-corrected chi connectivity index (χ1v) is 6.60. The Hall–Kier alpha value is -2.38. The molecule has 2 aromatic carbocycles. The number of phenols is 1. The average Bonchev–Trinajstić information content (AvgIpc) is 2.48. The fraction of sp³-hybridized carbons (Fsp3) is 0. The molecule has 0 fully saturated rings. The summed E-state index contributed by atoms with van der Waals surface area (Å²) in [7, 11) is 0. The monoisotopic (exact) mass is 327 g/mol. The lowest BCUT2D eigenvalue weighted by Gasteiger charge is -1.99. The predicted octanol–water partition coefficient (Wildman–Crippen LogP) is 3.92. The van der Waals surface area contributed by atoms with Crippen molar-refractivity contribution < 1.29 is 9.90 Å². The molecule has 0 radical (unpaired) electrons. The van der Waals surface area contributed by atoms with Crippen LogP contribution in [0.25, 0.3) is 6.08 Å².